The van der Waals surface area contributed by atoms with E-state index < -0.39 is 0 Å². The minimum atomic E-state index is 0.00928. The van der Waals surface area contributed by atoms with Gasteiger partial charge in [0.15, 0.2) is 0 Å². The maximum atomic E-state index is 5.86. The maximum absolute atomic E-state index is 5.86. The van der Waals surface area contributed by atoms with Gasteiger partial charge in [-0.25, -0.2) is 0 Å². The summed E-state index contributed by atoms with van der Waals surface area (Å²) in [6, 6.07) is 9.36. The summed E-state index contributed by atoms with van der Waals surface area (Å²) in [5.41, 5.74) is 2.77. The van der Waals surface area contributed by atoms with Crippen LogP contribution in [0.2, 0.25) is 0 Å². The van der Waals surface area contributed by atoms with Crippen LogP contribution in [0.5, 0.6) is 0 Å². The topological polar surface area (TPSA) is 21.3 Å². The van der Waals surface area contributed by atoms with Crippen molar-refractivity contribution < 1.29 is 4.74 Å². The summed E-state index contributed by atoms with van der Waals surface area (Å²) in [5.74, 6) is 0.590. The van der Waals surface area contributed by atoms with Crippen molar-refractivity contribution >= 4 is 0 Å². The van der Waals surface area contributed by atoms with Gasteiger partial charge in [-0.2, -0.15) is 0 Å². The summed E-state index contributed by atoms with van der Waals surface area (Å²) in [5, 5.41) is 3.62. The van der Waals surface area contributed by atoms with Crippen LogP contribution >= 0.6 is 0 Å². The molecule has 19 heavy (non-hydrogen) atoms. The third kappa shape index (κ3) is 2.85. The monoisotopic (exact) mass is 261 g/mol. The zero-order chi connectivity index (χ0) is 13.9. The molecule has 1 aliphatic carbocycles. The Morgan fingerprint density at radius 2 is 1.74 bits per heavy atom. The van der Waals surface area contributed by atoms with Crippen molar-refractivity contribution in [3.05, 3.63) is 35.4 Å². The molecule has 0 saturated heterocycles. The fourth-order valence-electron chi connectivity index (χ4n) is 3.02. The van der Waals surface area contributed by atoms with Crippen molar-refractivity contribution in [2.45, 2.75) is 57.6 Å². The van der Waals surface area contributed by atoms with Gasteiger partial charge in [-0.05, 0) is 42.9 Å². The van der Waals surface area contributed by atoms with Gasteiger partial charge in [0, 0.05) is 7.11 Å². The van der Waals surface area contributed by atoms with E-state index in [1.807, 2.05) is 7.11 Å². The first-order valence-electron chi connectivity index (χ1n) is 7.51. The van der Waals surface area contributed by atoms with Crippen LogP contribution in [0.4, 0.5) is 0 Å². The third-order valence-corrected chi connectivity index (χ3v) is 4.48. The zero-order valence-corrected chi connectivity index (χ0v) is 12.7. The Morgan fingerprint density at radius 1 is 1.16 bits per heavy atom. The molecule has 0 aliphatic heterocycles. The molecule has 106 valence electrons. The van der Waals surface area contributed by atoms with Crippen LogP contribution in [-0.4, -0.2) is 19.3 Å². The summed E-state index contributed by atoms with van der Waals surface area (Å²) in [7, 11) is 1.85. The molecule has 1 unspecified atom stereocenters. The molecule has 2 nitrogen and oxygen atoms in total. The number of hydrogen-bond donors (Lipinski definition) is 1. The van der Waals surface area contributed by atoms with E-state index in [2.05, 4.69) is 50.4 Å². The maximum Gasteiger partial charge on any atom is 0.0872 e. The highest BCUT2D eigenvalue weighted by Crippen LogP contribution is 2.44. The third-order valence-electron chi connectivity index (χ3n) is 4.48. The predicted molar refractivity (Wildman–Crippen MR) is 80.5 cm³/mol. The number of benzene rings is 1. The summed E-state index contributed by atoms with van der Waals surface area (Å²) < 4.78 is 5.86. The van der Waals surface area contributed by atoms with Crippen molar-refractivity contribution in [3.8, 4) is 0 Å². The second kappa shape index (κ2) is 6.06. The van der Waals surface area contributed by atoms with Gasteiger partial charge in [0.1, 0.15) is 0 Å². The standard InChI is InChI=1S/C17H27NO/c1-5-18-16(17(19-4)11-6-12-17)15-9-7-14(8-10-15)13(2)3/h7-10,13,16,18H,5-6,11-12H2,1-4H3. The molecule has 1 N–H and O–H groups in total. The van der Waals surface area contributed by atoms with Gasteiger partial charge in [0.2, 0.25) is 0 Å². The van der Waals surface area contributed by atoms with Crippen LogP contribution in [0, 0.1) is 0 Å². The quantitative estimate of drug-likeness (QED) is 0.834. The summed E-state index contributed by atoms with van der Waals surface area (Å²) in [4.78, 5) is 0. The van der Waals surface area contributed by atoms with E-state index in [0.29, 0.717) is 12.0 Å². The fraction of sp³-hybridized carbons (Fsp3) is 0.647. The lowest BCUT2D eigenvalue weighted by Gasteiger charge is -2.47. The SMILES string of the molecule is CCNC(c1ccc(C(C)C)cc1)C1(OC)CCC1. The first-order valence-corrected chi connectivity index (χ1v) is 7.51. The normalized spacial score (nSPS) is 19.2. The second-order valence-electron chi connectivity index (χ2n) is 5.93. The minimum absolute atomic E-state index is 0.00928. The summed E-state index contributed by atoms with van der Waals surface area (Å²) in [6.07, 6.45) is 3.60. The molecule has 1 fully saturated rings. The van der Waals surface area contributed by atoms with Gasteiger partial charge in [-0.3, -0.25) is 0 Å². The number of ether oxygens (including phenoxy) is 1. The highest BCUT2D eigenvalue weighted by atomic mass is 16.5. The Balaban J connectivity index is 2.23. The second-order valence-corrected chi connectivity index (χ2v) is 5.93. The highest BCUT2D eigenvalue weighted by molar-refractivity contribution is 5.29. The van der Waals surface area contributed by atoms with Crippen LogP contribution in [-0.2, 0) is 4.74 Å². The van der Waals surface area contributed by atoms with Crippen molar-refractivity contribution in [1.29, 1.82) is 0 Å². The Morgan fingerprint density at radius 3 is 2.11 bits per heavy atom. The van der Waals surface area contributed by atoms with E-state index in [4.69, 9.17) is 4.74 Å². The molecule has 0 amide bonds. The van der Waals surface area contributed by atoms with Gasteiger partial charge in [-0.1, -0.05) is 45.0 Å². The van der Waals surface area contributed by atoms with Gasteiger partial charge in [-0.15, -0.1) is 0 Å². The predicted octanol–water partition coefficient (Wildman–Crippen LogP) is 4.03. The van der Waals surface area contributed by atoms with Crippen molar-refractivity contribution in [3.63, 3.8) is 0 Å². The molecule has 0 radical (unpaired) electrons. The fourth-order valence-corrected chi connectivity index (χ4v) is 3.02. The van der Waals surface area contributed by atoms with Crippen LogP contribution in [0.25, 0.3) is 0 Å². The first-order chi connectivity index (χ1) is 9.13. The lowest BCUT2D eigenvalue weighted by Crippen LogP contribution is -2.50. The summed E-state index contributed by atoms with van der Waals surface area (Å²) in [6.45, 7) is 7.61. The molecule has 1 atom stereocenters. The van der Waals surface area contributed by atoms with Crippen molar-refractivity contribution in [1.82, 2.24) is 5.32 Å². The first kappa shape index (κ1) is 14.5. The molecule has 1 aromatic rings. The average Bonchev–Trinajstić information content (AvgIpc) is 2.37. The number of methoxy groups -OCH3 is 1. The Hall–Kier alpha value is -0.860. The number of hydrogen-bond acceptors (Lipinski definition) is 2. The zero-order valence-electron chi connectivity index (χ0n) is 12.7. The molecule has 1 saturated carbocycles. The number of likely N-dealkylation sites (N-methyl/N-ethyl adjacent to an activating group) is 1. The molecular formula is C17H27NO. The Labute approximate surface area is 117 Å². The van der Waals surface area contributed by atoms with Crippen molar-refractivity contribution in [2.75, 3.05) is 13.7 Å². The van der Waals surface area contributed by atoms with E-state index in [0.717, 1.165) is 19.4 Å². The van der Waals surface area contributed by atoms with Gasteiger partial charge >= 0.3 is 0 Å². The van der Waals surface area contributed by atoms with Crippen molar-refractivity contribution in [2.24, 2.45) is 0 Å². The molecule has 0 heterocycles. The lowest BCUT2D eigenvalue weighted by atomic mass is 9.72. The molecular weight excluding hydrogens is 234 g/mol. The van der Waals surface area contributed by atoms with E-state index in [9.17, 15) is 0 Å². The highest BCUT2D eigenvalue weighted by Gasteiger charge is 2.44. The molecule has 2 rings (SSSR count). The Kier molecular flexibility index (Phi) is 4.64. The molecule has 0 aromatic heterocycles. The molecule has 1 aliphatic rings. The number of nitrogens with one attached hydrogen (secondary N) is 1. The van der Waals surface area contributed by atoms with Gasteiger partial charge < -0.3 is 10.1 Å². The van der Waals surface area contributed by atoms with Crippen LogP contribution in [0.3, 0.4) is 0 Å². The van der Waals surface area contributed by atoms with E-state index in [1.165, 1.54) is 17.5 Å². The minimum Gasteiger partial charge on any atom is -0.376 e. The lowest BCUT2D eigenvalue weighted by molar-refractivity contribution is -0.0995. The van der Waals surface area contributed by atoms with Crippen LogP contribution < -0.4 is 5.32 Å². The summed E-state index contributed by atoms with van der Waals surface area (Å²) >= 11 is 0. The smallest absolute Gasteiger partial charge is 0.0872 e. The average molecular weight is 261 g/mol. The molecule has 1 aromatic carbocycles. The van der Waals surface area contributed by atoms with E-state index >= 15 is 0 Å². The van der Waals surface area contributed by atoms with Crippen LogP contribution in [0.1, 0.15) is 63.1 Å². The van der Waals surface area contributed by atoms with E-state index in [-0.39, 0.29) is 5.60 Å². The largest absolute Gasteiger partial charge is 0.376 e. The Bertz CT molecular complexity index is 387. The molecule has 2 heteroatoms. The molecule has 0 bridgehead atoms. The van der Waals surface area contributed by atoms with Gasteiger partial charge in [0.05, 0.1) is 11.6 Å². The van der Waals surface area contributed by atoms with Crippen LogP contribution in [0.15, 0.2) is 24.3 Å². The van der Waals surface area contributed by atoms with Gasteiger partial charge in [0.25, 0.3) is 0 Å². The molecule has 0 spiro atoms. The number of rotatable bonds is 6. The van der Waals surface area contributed by atoms with E-state index in [1.54, 1.807) is 0 Å².